The minimum absolute atomic E-state index is 0.134. The van der Waals surface area contributed by atoms with E-state index in [2.05, 4.69) is 20.8 Å². The summed E-state index contributed by atoms with van der Waals surface area (Å²) in [6.45, 7) is 7.71. The Morgan fingerprint density at radius 3 is 2.72 bits per heavy atom. The lowest BCUT2D eigenvalue weighted by atomic mass is 9.95. The van der Waals surface area contributed by atoms with Crippen molar-refractivity contribution in [2.75, 3.05) is 13.2 Å². The molecule has 7 heteroatoms. The number of carboxylic acids is 1. The third kappa shape index (κ3) is 4.31. The molecular weight excluding hydrogens is 410 g/mol. The molecule has 2 aliphatic rings. The fourth-order valence-corrected chi connectivity index (χ4v) is 5.66. The SMILES string of the molecule is Cc1sc(C(=O)O)c2c1[C@H]1[C@@H](C2)C1(C)C.NCc1ccc(OCCCO)cc1Cl. The van der Waals surface area contributed by atoms with E-state index < -0.39 is 5.97 Å². The Labute approximate surface area is 180 Å². The molecule has 1 heterocycles. The highest BCUT2D eigenvalue weighted by Gasteiger charge is 2.63. The molecule has 2 aliphatic carbocycles. The molecule has 4 rings (SSSR count). The molecule has 0 radical (unpaired) electrons. The number of hydrogen-bond acceptors (Lipinski definition) is 5. The molecule has 0 aliphatic heterocycles. The average Bonchev–Trinajstić information content (AvgIpc) is 3.00. The number of carbonyl (C=O) groups is 1. The Balaban J connectivity index is 0.000000166. The van der Waals surface area contributed by atoms with Crippen molar-refractivity contribution in [3.8, 4) is 5.75 Å². The van der Waals surface area contributed by atoms with Crippen LogP contribution in [0.2, 0.25) is 5.02 Å². The summed E-state index contributed by atoms with van der Waals surface area (Å²) in [6, 6.07) is 5.41. The van der Waals surface area contributed by atoms with Gasteiger partial charge in [0.05, 0.1) is 6.61 Å². The Morgan fingerprint density at radius 2 is 2.14 bits per heavy atom. The van der Waals surface area contributed by atoms with Gasteiger partial charge in [0.15, 0.2) is 0 Å². The highest BCUT2D eigenvalue weighted by molar-refractivity contribution is 7.14. The second-order valence-electron chi connectivity index (χ2n) is 8.18. The smallest absolute Gasteiger partial charge is 0.346 e. The van der Waals surface area contributed by atoms with E-state index in [1.54, 1.807) is 6.07 Å². The van der Waals surface area contributed by atoms with Gasteiger partial charge in [0.25, 0.3) is 0 Å². The van der Waals surface area contributed by atoms with Gasteiger partial charge in [-0.25, -0.2) is 4.79 Å². The van der Waals surface area contributed by atoms with E-state index >= 15 is 0 Å². The van der Waals surface area contributed by atoms with Gasteiger partial charge in [-0.2, -0.15) is 0 Å². The molecule has 4 N–H and O–H groups in total. The maximum absolute atomic E-state index is 11.1. The Bertz CT molecular complexity index is 908. The van der Waals surface area contributed by atoms with Crippen LogP contribution in [0.25, 0.3) is 0 Å². The van der Waals surface area contributed by atoms with Crippen molar-refractivity contribution in [1.29, 1.82) is 0 Å². The predicted molar refractivity (Wildman–Crippen MR) is 116 cm³/mol. The molecule has 0 saturated heterocycles. The number of aromatic carboxylic acids is 1. The Hall–Kier alpha value is -1.60. The third-order valence-corrected chi connectivity index (χ3v) is 7.53. The molecule has 158 valence electrons. The Morgan fingerprint density at radius 1 is 1.41 bits per heavy atom. The lowest BCUT2D eigenvalue weighted by Crippen LogP contribution is -2.03. The largest absolute Gasteiger partial charge is 0.493 e. The van der Waals surface area contributed by atoms with E-state index in [4.69, 9.17) is 32.3 Å². The molecule has 29 heavy (non-hydrogen) atoms. The number of halogens is 1. The summed E-state index contributed by atoms with van der Waals surface area (Å²) >= 11 is 7.39. The fourth-order valence-electron chi connectivity index (χ4n) is 4.34. The van der Waals surface area contributed by atoms with Crippen molar-refractivity contribution < 1.29 is 19.7 Å². The maximum Gasteiger partial charge on any atom is 0.346 e. The molecule has 1 aromatic carbocycles. The van der Waals surface area contributed by atoms with Gasteiger partial charge in [0.2, 0.25) is 0 Å². The first-order chi connectivity index (χ1) is 13.7. The zero-order valence-corrected chi connectivity index (χ0v) is 18.6. The van der Waals surface area contributed by atoms with Crippen LogP contribution in [0.4, 0.5) is 0 Å². The summed E-state index contributed by atoms with van der Waals surface area (Å²) < 4.78 is 5.34. The number of carboxylic acid groups (broad SMARTS) is 1. The molecule has 1 saturated carbocycles. The topological polar surface area (TPSA) is 92.8 Å². The second-order valence-corrected chi connectivity index (χ2v) is 9.81. The molecule has 0 spiro atoms. The van der Waals surface area contributed by atoms with Gasteiger partial charge in [-0.1, -0.05) is 31.5 Å². The molecule has 1 aromatic heterocycles. The minimum atomic E-state index is -0.747. The van der Waals surface area contributed by atoms with Gasteiger partial charge >= 0.3 is 5.97 Å². The average molecular weight is 438 g/mol. The van der Waals surface area contributed by atoms with Crippen molar-refractivity contribution in [2.45, 2.75) is 46.1 Å². The van der Waals surface area contributed by atoms with Gasteiger partial charge in [-0.3, -0.25) is 0 Å². The molecule has 5 nitrogen and oxygen atoms in total. The summed E-state index contributed by atoms with van der Waals surface area (Å²) in [5, 5.41) is 18.3. The third-order valence-electron chi connectivity index (χ3n) is 6.03. The molecule has 2 atom stereocenters. The quantitative estimate of drug-likeness (QED) is 0.574. The number of hydrogen-bond donors (Lipinski definition) is 3. The fraction of sp³-hybridized carbons (Fsp3) is 0.500. The monoisotopic (exact) mass is 437 g/mol. The lowest BCUT2D eigenvalue weighted by Gasteiger charge is -2.08. The molecular formula is C22H28ClNO4S. The number of ether oxygens (including phenoxy) is 1. The lowest BCUT2D eigenvalue weighted by molar-refractivity contribution is 0.0701. The van der Waals surface area contributed by atoms with E-state index in [-0.39, 0.29) is 6.61 Å². The van der Waals surface area contributed by atoms with Crippen molar-refractivity contribution >= 4 is 28.9 Å². The van der Waals surface area contributed by atoms with Gasteiger partial charge in [0.1, 0.15) is 10.6 Å². The van der Waals surface area contributed by atoms with Crippen LogP contribution in [-0.2, 0) is 13.0 Å². The number of aliphatic hydroxyl groups is 1. The number of aliphatic hydroxyl groups excluding tert-OH is 1. The Kier molecular flexibility index (Phi) is 6.58. The summed E-state index contributed by atoms with van der Waals surface area (Å²) in [6.07, 6.45) is 1.61. The van der Waals surface area contributed by atoms with E-state index in [1.807, 2.05) is 12.1 Å². The van der Waals surface area contributed by atoms with Crippen molar-refractivity contribution in [3.05, 3.63) is 49.7 Å². The molecule has 1 fully saturated rings. The summed E-state index contributed by atoms with van der Waals surface area (Å²) in [5.41, 5.74) is 9.29. The van der Waals surface area contributed by atoms with Crippen LogP contribution in [0.5, 0.6) is 5.75 Å². The number of nitrogens with two attached hydrogens (primary N) is 1. The van der Waals surface area contributed by atoms with Crippen LogP contribution in [0, 0.1) is 18.3 Å². The van der Waals surface area contributed by atoms with Crippen molar-refractivity contribution in [2.24, 2.45) is 17.1 Å². The zero-order chi connectivity index (χ0) is 21.3. The highest BCUT2D eigenvalue weighted by atomic mass is 35.5. The second kappa shape index (κ2) is 8.64. The first-order valence-corrected chi connectivity index (χ1v) is 11.0. The highest BCUT2D eigenvalue weighted by Crippen LogP contribution is 2.71. The van der Waals surface area contributed by atoms with Crippen LogP contribution < -0.4 is 10.5 Å². The van der Waals surface area contributed by atoms with Crippen LogP contribution in [-0.4, -0.2) is 29.4 Å². The van der Waals surface area contributed by atoms with Gasteiger partial charge in [-0.15, -0.1) is 11.3 Å². The number of aryl methyl sites for hydroxylation is 1. The van der Waals surface area contributed by atoms with E-state index in [1.165, 1.54) is 21.8 Å². The van der Waals surface area contributed by atoms with Crippen LogP contribution >= 0.6 is 22.9 Å². The predicted octanol–water partition coefficient (Wildman–Crippen LogP) is 4.61. The number of thiophene rings is 1. The van der Waals surface area contributed by atoms with E-state index in [0.29, 0.717) is 52.5 Å². The summed E-state index contributed by atoms with van der Waals surface area (Å²) in [7, 11) is 0. The molecule has 0 unspecified atom stereocenters. The van der Waals surface area contributed by atoms with Crippen molar-refractivity contribution in [1.82, 2.24) is 0 Å². The van der Waals surface area contributed by atoms with E-state index in [9.17, 15) is 4.79 Å². The van der Waals surface area contributed by atoms with Crippen LogP contribution in [0.15, 0.2) is 18.2 Å². The first-order valence-electron chi connectivity index (χ1n) is 9.79. The number of fused-ring (bicyclic) bond motifs is 3. The minimum Gasteiger partial charge on any atom is -0.493 e. The van der Waals surface area contributed by atoms with E-state index in [0.717, 1.165) is 17.5 Å². The normalized spacial score (nSPS) is 20.3. The molecule has 2 aromatic rings. The van der Waals surface area contributed by atoms with Crippen molar-refractivity contribution in [3.63, 3.8) is 0 Å². The van der Waals surface area contributed by atoms with Gasteiger partial charge < -0.3 is 20.7 Å². The van der Waals surface area contributed by atoms with Gasteiger partial charge in [-0.05, 0) is 59.4 Å². The number of rotatable bonds is 6. The maximum atomic E-state index is 11.1. The first kappa shape index (κ1) is 22.1. The van der Waals surface area contributed by atoms with Crippen LogP contribution in [0.3, 0.4) is 0 Å². The molecule has 0 amide bonds. The molecule has 0 bridgehead atoms. The van der Waals surface area contributed by atoms with Gasteiger partial charge in [0, 0.05) is 29.5 Å². The van der Waals surface area contributed by atoms with Crippen LogP contribution in [0.1, 0.15) is 57.4 Å². The summed E-state index contributed by atoms with van der Waals surface area (Å²) in [4.78, 5) is 12.9. The zero-order valence-electron chi connectivity index (χ0n) is 17.0. The summed E-state index contributed by atoms with van der Waals surface area (Å²) in [5.74, 6) is 1.30. The standard InChI is InChI=1S/C12H14O2S.C10H14ClNO2/c1-5-8-6(10(15-5)11(13)14)4-7-9(8)12(7,2)3;11-10-6-9(14-5-1-4-13)3-2-8(10)7-12/h7,9H,4H2,1-3H3,(H,13,14);2-3,6,13H,1,4-5,7,12H2/t7-,9-;/m1./s1. The number of benzene rings is 1.